The maximum atomic E-state index is 13.2. The fourth-order valence-electron chi connectivity index (χ4n) is 4.95. The number of aryl methyl sites for hydroxylation is 1. The van der Waals surface area contributed by atoms with Crippen LogP contribution in [0.25, 0.3) is 50.9 Å². The van der Waals surface area contributed by atoms with Crippen LogP contribution in [0.3, 0.4) is 0 Å². The number of hydrogen-bond donors (Lipinski definition) is 3. The van der Waals surface area contributed by atoms with Crippen molar-refractivity contribution < 1.29 is 4.79 Å². The number of aromatic nitrogens is 7. The predicted molar refractivity (Wildman–Crippen MR) is 171 cm³/mol. The molecule has 7 rings (SSSR count). The number of H-pyrrole nitrogens is 1. The van der Waals surface area contributed by atoms with E-state index in [0.29, 0.717) is 56.8 Å². The molecule has 0 fully saturated rings. The minimum Gasteiger partial charge on any atom is -0.383 e. The van der Waals surface area contributed by atoms with Gasteiger partial charge in [0.15, 0.2) is 17.3 Å². The summed E-state index contributed by atoms with van der Waals surface area (Å²) in [5, 5.41) is 2.87. The van der Waals surface area contributed by atoms with Crippen LogP contribution in [0.15, 0.2) is 102 Å². The number of nitrogens with one attached hydrogen (secondary N) is 2. The molecule has 0 bridgehead atoms. The average Bonchev–Trinajstić information content (AvgIpc) is 3.65. The summed E-state index contributed by atoms with van der Waals surface area (Å²) in [4.78, 5) is 46.0. The number of aromatic amines is 1. The number of anilines is 2. The third-order valence-corrected chi connectivity index (χ3v) is 7.57. The molecule has 4 N–H and O–H groups in total. The Morgan fingerprint density at radius 1 is 0.909 bits per heavy atom. The summed E-state index contributed by atoms with van der Waals surface area (Å²) in [7, 11) is 0. The first-order valence-electron chi connectivity index (χ1n) is 13.6. The number of imidazole rings is 1. The van der Waals surface area contributed by atoms with Crippen molar-refractivity contribution in [1.82, 2.24) is 33.9 Å². The molecule has 0 aliphatic heterocycles. The molecule has 12 heteroatoms. The van der Waals surface area contributed by atoms with Gasteiger partial charge in [-0.2, -0.15) is 4.37 Å². The van der Waals surface area contributed by atoms with E-state index >= 15 is 0 Å². The van der Waals surface area contributed by atoms with Gasteiger partial charge in [-0.1, -0.05) is 42.5 Å². The van der Waals surface area contributed by atoms with Crippen molar-refractivity contribution >= 4 is 40.2 Å². The fourth-order valence-corrected chi connectivity index (χ4v) is 5.42. The molecule has 214 valence electrons. The molecular weight excluding hydrogens is 574 g/mol. The molecule has 0 saturated heterocycles. The van der Waals surface area contributed by atoms with E-state index in [9.17, 15) is 9.59 Å². The topological polar surface area (TPSA) is 157 Å². The summed E-state index contributed by atoms with van der Waals surface area (Å²) < 4.78 is 6.02. The van der Waals surface area contributed by atoms with Crippen LogP contribution < -0.4 is 15.9 Å². The number of amides is 1. The maximum absolute atomic E-state index is 13.2. The molecule has 2 aromatic carbocycles. The number of carbonyl (C=O) groups is 1. The maximum Gasteiger partial charge on any atom is 0.323 e. The van der Waals surface area contributed by atoms with Crippen LogP contribution in [0, 0.1) is 6.92 Å². The number of fused-ring (bicyclic) bond motifs is 1. The molecule has 0 aliphatic rings. The van der Waals surface area contributed by atoms with Crippen molar-refractivity contribution in [2.45, 2.75) is 6.92 Å². The smallest absolute Gasteiger partial charge is 0.323 e. The molecule has 44 heavy (non-hydrogen) atoms. The predicted octanol–water partition coefficient (Wildman–Crippen LogP) is 5.50. The van der Waals surface area contributed by atoms with Crippen molar-refractivity contribution in [3.63, 3.8) is 0 Å². The Bertz CT molecular complexity index is 2240. The van der Waals surface area contributed by atoms with Crippen LogP contribution in [0.5, 0.6) is 0 Å². The Kier molecular flexibility index (Phi) is 6.72. The van der Waals surface area contributed by atoms with Crippen LogP contribution >= 0.6 is 11.5 Å². The first kappa shape index (κ1) is 26.9. The zero-order chi connectivity index (χ0) is 30.2. The Labute approximate surface area is 254 Å². The van der Waals surface area contributed by atoms with Crippen molar-refractivity contribution in [3.05, 3.63) is 118 Å². The normalized spacial score (nSPS) is 11.1. The number of nitrogens with zero attached hydrogens (tertiary/aromatic N) is 6. The van der Waals surface area contributed by atoms with Crippen molar-refractivity contribution in [1.29, 1.82) is 0 Å². The molecular formula is C32H23N9O2S. The molecule has 0 radical (unpaired) electrons. The molecule has 5 aromatic heterocycles. The van der Waals surface area contributed by atoms with E-state index in [1.165, 1.54) is 0 Å². The third kappa shape index (κ3) is 4.99. The quantitative estimate of drug-likeness (QED) is 0.227. The number of nitrogen functional groups attached to an aromatic ring is 1. The van der Waals surface area contributed by atoms with Gasteiger partial charge in [0.1, 0.15) is 17.2 Å². The molecule has 7 aromatic rings. The van der Waals surface area contributed by atoms with Gasteiger partial charge in [-0.05, 0) is 55.5 Å². The number of hydrogen-bond acceptors (Lipinski definition) is 9. The SMILES string of the molecule is Cc1nc(NC(=O)c2cccc(-c3nsc(=O)[nH]3)c2)ccc1-n1c(-c2cccnc2N)nc2ccc(-c3ccccc3)nc21. The first-order valence-corrected chi connectivity index (χ1v) is 14.3. The highest BCUT2D eigenvalue weighted by Gasteiger charge is 2.21. The lowest BCUT2D eigenvalue weighted by Gasteiger charge is -2.14. The van der Waals surface area contributed by atoms with Gasteiger partial charge in [-0.3, -0.25) is 19.1 Å². The number of rotatable bonds is 6. The van der Waals surface area contributed by atoms with Crippen LogP contribution in [-0.4, -0.2) is 39.8 Å². The van der Waals surface area contributed by atoms with Gasteiger partial charge in [-0.15, -0.1) is 0 Å². The lowest BCUT2D eigenvalue weighted by molar-refractivity contribution is 0.102. The first-order chi connectivity index (χ1) is 21.4. The van der Waals surface area contributed by atoms with Crippen LogP contribution in [-0.2, 0) is 0 Å². The standard InChI is InChI=1S/C32H23N9O2S/c1-18-25(14-15-26(35-18)38-31(42)21-10-5-9-20(17-21)28-39-32(43)44-40-28)41-29(22-11-6-16-34-27(22)33)37-24-13-12-23(36-30(24)41)19-7-3-2-4-8-19/h2-17H,1H3,(H2,33,34)(H,35,38,42)(H,39,40,43). The van der Waals surface area contributed by atoms with Gasteiger partial charge in [0.2, 0.25) is 0 Å². The zero-order valence-corrected chi connectivity index (χ0v) is 24.0. The van der Waals surface area contributed by atoms with Crippen LogP contribution in [0.2, 0.25) is 0 Å². The van der Waals surface area contributed by atoms with Gasteiger partial charge < -0.3 is 11.1 Å². The monoisotopic (exact) mass is 597 g/mol. The second-order valence-electron chi connectivity index (χ2n) is 9.89. The van der Waals surface area contributed by atoms with Gasteiger partial charge in [0.25, 0.3) is 5.91 Å². The zero-order valence-electron chi connectivity index (χ0n) is 23.2. The average molecular weight is 598 g/mol. The summed E-state index contributed by atoms with van der Waals surface area (Å²) in [5.74, 6) is 1.34. The number of carbonyl (C=O) groups excluding carboxylic acids is 1. The highest BCUT2D eigenvalue weighted by molar-refractivity contribution is 7.03. The molecule has 0 saturated carbocycles. The largest absolute Gasteiger partial charge is 0.383 e. The van der Waals surface area contributed by atoms with E-state index < -0.39 is 0 Å². The van der Waals surface area contributed by atoms with Gasteiger partial charge in [0, 0.05) is 34.4 Å². The van der Waals surface area contributed by atoms with Gasteiger partial charge in [-0.25, -0.2) is 19.9 Å². The van der Waals surface area contributed by atoms with E-state index in [4.69, 9.17) is 20.7 Å². The second kappa shape index (κ2) is 11.0. The van der Waals surface area contributed by atoms with E-state index in [1.807, 2.05) is 72.2 Å². The van der Waals surface area contributed by atoms with Crippen molar-refractivity contribution in [2.75, 3.05) is 11.1 Å². The number of pyridine rings is 3. The molecule has 0 unspecified atom stereocenters. The number of nitrogens with two attached hydrogens (primary N) is 1. The summed E-state index contributed by atoms with van der Waals surface area (Å²) in [6.45, 7) is 1.85. The van der Waals surface area contributed by atoms with Gasteiger partial charge >= 0.3 is 4.87 Å². The Morgan fingerprint density at radius 3 is 2.52 bits per heavy atom. The van der Waals surface area contributed by atoms with Crippen LogP contribution in [0.4, 0.5) is 11.6 Å². The van der Waals surface area contributed by atoms with E-state index in [-0.39, 0.29) is 10.8 Å². The minimum absolute atomic E-state index is 0.263. The summed E-state index contributed by atoms with van der Waals surface area (Å²) in [6.07, 6.45) is 1.63. The lowest BCUT2D eigenvalue weighted by atomic mass is 10.1. The molecule has 11 nitrogen and oxygen atoms in total. The summed E-state index contributed by atoms with van der Waals surface area (Å²) in [5.41, 5.74) is 12.4. The summed E-state index contributed by atoms with van der Waals surface area (Å²) >= 11 is 0.825. The highest BCUT2D eigenvalue weighted by Crippen LogP contribution is 2.33. The van der Waals surface area contributed by atoms with E-state index in [2.05, 4.69) is 19.7 Å². The molecule has 5 heterocycles. The molecule has 0 atom stereocenters. The van der Waals surface area contributed by atoms with Gasteiger partial charge in [0.05, 0.1) is 22.6 Å². The molecule has 0 aliphatic carbocycles. The van der Waals surface area contributed by atoms with Crippen LogP contribution in [0.1, 0.15) is 16.1 Å². The Morgan fingerprint density at radius 2 is 1.75 bits per heavy atom. The molecule has 0 spiro atoms. The number of benzene rings is 2. The minimum atomic E-state index is -0.352. The van der Waals surface area contributed by atoms with Crippen molar-refractivity contribution in [3.8, 4) is 39.7 Å². The fraction of sp³-hybridized carbons (Fsp3) is 0.0312. The van der Waals surface area contributed by atoms with E-state index in [1.54, 1.807) is 36.5 Å². The van der Waals surface area contributed by atoms with E-state index in [0.717, 1.165) is 28.5 Å². The van der Waals surface area contributed by atoms with Crippen molar-refractivity contribution in [2.24, 2.45) is 0 Å². The third-order valence-electron chi connectivity index (χ3n) is 7.03. The Balaban J connectivity index is 1.28. The molecule has 1 amide bonds. The lowest BCUT2D eigenvalue weighted by Crippen LogP contribution is -2.14. The Hall–Kier alpha value is -6.01. The second-order valence-corrected chi connectivity index (χ2v) is 10.6. The summed E-state index contributed by atoms with van der Waals surface area (Å²) in [6, 6.07) is 27.9. The highest BCUT2D eigenvalue weighted by atomic mass is 32.1.